The summed E-state index contributed by atoms with van der Waals surface area (Å²) < 4.78 is 4.58. The van der Waals surface area contributed by atoms with Crippen molar-refractivity contribution >= 4 is 5.97 Å². The molecule has 2 N–H and O–H groups in total. The van der Waals surface area contributed by atoms with Gasteiger partial charge in [0.1, 0.15) is 11.3 Å². The van der Waals surface area contributed by atoms with Crippen molar-refractivity contribution < 1.29 is 19.7 Å². The minimum atomic E-state index is -0.562. The van der Waals surface area contributed by atoms with Crippen LogP contribution in [0.5, 0.6) is 5.75 Å². The Morgan fingerprint density at radius 3 is 2.69 bits per heavy atom. The molecule has 0 atom stereocenters. The van der Waals surface area contributed by atoms with Crippen LogP contribution in [0.15, 0.2) is 18.2 Å². The number of rotatable bonds is 3. The second-order valence-corrected chi connectivity index (χ2v) is 4.16. The molecule has 1 aromatic carbocycles. The van der Waals surface area contributed by atoms with E-state index >= 15 is 0 Å². The number of aromatic hydroxyl groups is 1. The molecule has 2 rings (SSSR count). The minimum absolute atomic E-state index is 0.0678. The molecule has 1 aliphatic rings. The lowest BCUT2D eigenvalue weighted by Gasteiger charge is -2.13. The van der Waals surface area contributed by atoms with Gasteiger partial charge in [-0.2, -0.15) is 0 Å². The Morgan fingerprint density at radius 2 is 2.19 bits per heavy atom. The van der Waals surface area contributed by atoms with Crippen LogP contribution in [-0.4, -0.2) is 29.9 Å². The van der Waals surface area contributed by atoms with E-state index in [1.54, 1.807) is 12.1 Å². The molecule has 0 radical (unpaired) electrons. The number of phenolic OH excluding ortho intramolecular Hbond substituents is 1. The maximum absolute atomic E-state index is 11.4. The summed E-state index contributed by atoms with van der Waals surface area (Å²) in [5, 5.41) is 18.8. The lowest BCUT2D eigenvalue weighted by molar-refractivity contribution is 0.0597. The number of esters is 1. The molecule has 0 unspecified atom stereocenters. The van der Waals surface area contributed by atoms with Gasteiger partial charge in [-0.3, -0.25) is 0 Å². The lowest BCUT2D eigenvalue weighted by Crippen LogP contribution is -2.13. The van der Waals surface area contributed by atoms with E-state index in [4.69, 9.17) is 0 Å². The van der Waals surface area contributed by atoms with Crippen molar-refractivity contribution in [2.45, 2.75) is 18.3 Å². The summed E-state index contributed by atoms with van der Waals surface area (Å²) in [6.07, 6.45) is 1.82. The van der Waals surface area contributed by atoms with Gasteiger partial charge in [0.25, 0.3) is 0 Å². The van der Waals surface area contributed by atoms with E-state index in [0.29, 0.717) is 0 Å². The lowest BCUT2D eigenvalue weighted by atomic mass is 9.95. The Balaban J connectivity index is 2.40. The molecular weight excluding hydrogens is 208 g/mol. The van der Waals surface area contributed by atoms with Gasteiger partial charge in [0, 0.05) is 5.41 Å². The third kappa shape index (κ3) is 1.65. The van der Waals surface area contributed by atoms with Crippen molar-refractivity contribution in [2.75, 3.05) is 13.7 Å². The van der Waals surface area contributed by atoms with Crippen LogP contribution in [0.1, 0.15) is 28.8 Å². The molecule has 4 heteroatoms. The number of methoxy groups -OCH3 is 1. The Bertz CT molecular complexity index is 421. The highest BCUT2D eigenvalue weighted by Crippen LogP contribution is 2.48. The molecular formula is C12H14O4. The van der Waals surface area contributed by atoms with Gasteiger partial charge in [-0.1, -0.05) is 6.07 Å². The van der Waals surface area contributed by atoms with Gasteiger partial charge in [0.05, 0.1) is 13.7 Å². The monoisotopic (exact) mass is 222 g/mol. The molecule has 1 saturated carbocycles. The number of benzene rings is 1. The first-order valence-corrected chi connectivity index (χ1v) is 5.16. The average molecular weight is 222 g/mol. The summed E-state index contributed by atoms with van der Waals surface area (Å²) >= 11 is 0. The highest BCUT2D eigenvalue weighted by molar-refractivity contribution is 5.92. The van der Waals surface area contributed by atoms with Crippen molar-refractivity contribution in [1.29, 1.82) is 0 Å². The largest absolute Gasteiger partial charge is 0.507 e. The van der Waals surface area contributed by atoms with Gasteiger partial charge >= 0.3 is 5.97 Å². The van der Waals surface area contributed by atoms with Gasteiger partial charge in [0.2, 0.25) is 0 Å². The van der Waals surface area contributed by atoms with Gasteiger partial charge in [-0.05, 0) is 30.5 Å². The van der Waals surface area contributed by atoms with Crippen LogP contribution in [0.3, 0.4) is 0 Å². The smallest absolute Gasteiger partial charge is 0.341 e. The van der Waals surface area contributed by atoms with E-state index in [2.05, 4.69) is 4.74 Å². The van der Waals surface area contributed by atoms with Crippen molar-refractivity contribution in [1.82, 2.24) is 0 Å². The molecule has 0 aromatic heterocycles. The molecule has 0 aliphatic heterocycles. The number of hydrogen-bond acceptors (Lipinski definition) is 4. The first-order chi connectivity index (χ1) is 7.63. The summed E-state index contributed by atoms with van der Waals surface area (Å²) in [6.45, 7) is 0.0678. The zero-order valence-electron chi connectivity index (χ0n) is 9.06. The summed E-state index contributed by atoms with van der Waals surface area (Å²) in [5.74, 6) is -0.655. The fourth-order valence-electron chi connectivity index (χ4n) is 1.83. The van der Waals surface area contributed by atoms with Crippen LogP contribution in [0.25, 0.3) is 0 Å². The number of carbonyl (C=O) groups excluding carboxylic acids is 1. The molecule has 0 amide bonds. The number of ether oxygens (including phenoxy) is 1. The van der Waals surface area contributed by atoms with E-state index < -0.39 is 5.97 Å². The fraction of sp³-hybridized carbons (Fsp3) is 0.417. The van der Waals surface area contributed by atoms with Gasteiger partial charge in [-0.15, -0.1) is 0 Å². The first kappa shape index (κ1) is 11.0. The van der Waals surface area contributed by atoms with Crippen molar-refractivity contribution in [2.24, 2.45) is 0 Å². The average Bonchev–Trinajstić information content (AvgIpc) is 3.09. The zero-order valence-corrected chi connectivity index (χ0v) is 9.06. The van der Waals surface area contributed by atoms with Gasteiger partial charge < -0.3 is 14.9 Å². The SMILES string of the molecule is COC(=O)c1cc(C2(CO)CC2)ccc1O. The molecule has 0 saturated heterocycles. The third-order valence-corrected chi connectivity index (χ3v) is 3.17. The van der Waals surface area contributed by atoms with E-state index in [9.17, 15) is 15.0 Å². The Labute approximate surface area is 93.5 Å². The molecule has 1 fully saturated rings. The standard InChI is InChI=1S/C12H14O4/c1-16-11(15)9-6-8(2-3-10(9)14)12(7-13)4-5-12/h2-3,6,13-14H,4-5,7H2,1H3. The molecule has 0 heterocycles. The van der Waals surface area contributed by atoms with Crippen LogP contribution in [0.4, 0.5) is 0 Å². The van der Waals surface area contributed by atoms with Crippen molar-refractivity contribution in [3.8, 4) is 5.75 Å². The zero-order chi connectivity index (χ0) is 11.8. The predicted octanol–water partition coefficient (Wildman–Crippen LogP) is 1.20. The van der Waals surface area contributed by atoms with Gasteiger partial charge in [0.15, 0.2) is 0 Å². The maximum atomic E-state index is 11.4. The normalized spacial score (nSPS) is 16.9. The number of hydrogen-bond donors (Lipinski definition) is 2. The topological polar surface area (TPSA) is 66.8 Å². The Kier molecular flexibility index (Phi) is 2.59. The van der Waals surface area contributed by atoms with Crippen molar-refractivity contribution in [3.63, 3.8) is 0 Å². The summed E-state index contributed by atoms with van der Waals surface area (Å²) in [4.78, 5) is 11.4. The summed E-state index contributed by atoms with van der Waals surface area (Å²) in [5.41, 5.74) is 0.823. The second-order valence-electron chi connectivity index (χ2n) is 4.16. The molecule has 0 spiro atoms. The second kappa shape index (κ2) is 3.79. The fourth-order valence-corrected chi connectivity index (χ4v) is 1.83. The van der Waals surface area contributed by atoms with Crippen LogP contribution >= 0.6 is 0 Å². The highest BCUT2D eigenvalue weighted by atomic mass is 16.5. The Morgan fingerprint density at radius 1 is 1.50 bits per heavy atom. The van der Waals surface area contributed by atoms with Crippen LogP contribution < -0.4 is 0 Å². The summed E-state index contributed by atoms with van der Waals surface area (Å²) in [6, 6.07) is 4.81. The maximum Gasteiger partial charge on any atom is 0.341 e. The summed E-state index contributed by atoms with van der Waals surface area (Å²) in [7, 11) is 1.27. The minimum Gasteiger partial charge on any atom is -0.507 e. The third-order valence-electron chi connectivity index (χ3n) is 3.17. The number of aliphatic hydroxyl groups excluding tert-OH is 1. The van der Waals surface area contributed by atoms with Crippen molar-refractivity contribution in [3.05, 3.63) is 29.3 Å². The first-order valence-electron chi connectivity index (χ1n) is 5.16. The van der Waals surface area contributed by atoms with Gasteiger partial charge in [-0.25, -0.2) is 4.79 Å². The predicted molar refractivity (Wildman–Crippen MR) is 57.4 cm³/mol. The quantitative estimate of drug-likeness (QED) is 0.754. The molecule has 16 heavy (non-hydrogen) atoms. The molecule has 1 aromatic rings. The van der Waals surface area contributed by atoms with Crippen LogP contribution in [0, 0.1) is 0 Å². The van der Waals surface area contributed by atoms with E-state index in [0.717, 1.165) is 18.4 Å². The number of phenols is 1. The van der Waals surface area contributed by atoms with E-state index in [-0.39, 0.29) is 23.3 Å². The number of aliphatic hydroxyl groups is 1. The molecule has 4 nitrogen and oxygen atoms in total. The van der Waals surface area contributed by atoms with E-state index in [1.807, 2.05) is 0 Å². The van der Waals surface area contributed by atoms with E-state index in [1.165, 1.54) is 13.2 Å². The van der Waals surface area contributed by atoms with Crippen LogP contribution in [0.2, 0.25) is 0 Å². The Hall–Kier alpha value is -1.55. The molecule has 86 valence electrons. The number of carbonyl (C=O) groups is 1. The highest BCUT2D eigenvalue weighted by Gasteiger charge is 2.44. The molecule has 1 aliphatic carbocycles. The molecule has 0 bridgehead atoms. The van der Waals surface area contributed by atoms with Crippen LogP contribution in [-0.2, 0) is 10.2 Å².